The van der Waals surface area contributed by atoms with Crippen LogP contribution >= 0.6 is 11.6 Å². The van der Waals surface area contributed by atoms with Gasteiger partial charge in [0.25, 0.3) is 0 Å². The van der Waals surface area contributed by atoms with Crippen molar-refractivity contribution in [2.75, 3.05) is 13.1 Å². The van der Waals surface area contributed by atoms with Gasteiger partial charge in [-0.05, 0) is 30.5 Å². The van der Waals surface area contributed by atoms with Gasteiger partial charge in [-0.2, -0.15) is 0 Å². The number of likely N-dealkylation sites (tertiary alicyclic amines) is 1. The Bertz CT molecular complexity index is 589. The van der Waals surface area contributed by atoms with Crippen molar-refractivity contribution in [3.8, 4) is 0 Å². The average Bonchev–Trinajstić information content (AvgIpc) is 3.12. The monoisotopic (exact) mass is 322 g/mol. The fourth-order valence-electron chi connectivity index (χ4n) is 3.48. The highest BCUT2D eigenvalue weighted by molar-refractivity contribution is 6.30. The molecule has 0 spiro atoms. The van der Waals surface area contributed by atoms with Crippen molar-refractivity contribution < 1.29 is 9.53 Å². The average molecular weight is 323 g/mol. The van der Waals surface area contributed by atoms with Crippen LogP contribution in [-0.2, 0) is 15.1 Å². The van der Waals surface area contributed by atoms with Crippen molar-refractivity contribution in [1.29, 1.82) is 0 Å². The Morgan fingerprint density at radius 2 is 2.00 bits per heavy atom. The molecular weight excluding hydrogens is 300 g/mol. The Balaban J connectivity index is 1.76. The van der Waals surface area contributed by atoms with E-state index in [9.17, 15) is 4.79 Å². The zero-order chi connectivity index (χ0) is 16.1. The maximum atomic E-state index is 12.5. The third kappa shape index (κ3) is 2.34. The molecule has 1 amide bonds. The van der Waals surface area contributed by atoms with E-state index in [1.165, 1.54) is 0 Å². The predicted molar refractivity (Wildman–Crippen MR) is 86.6 cm³/mol. The first-order chi connectivity index (χ1) is 10.3. The Morgan fingerprint density at radius 1 is 1.36 bits per heavy atom. The minimum absolute atomic E-state index is 0.0245. The number of benzene rings is 1. The zero-order valence-electron chi connectivity index (χ0n) is 13.3. The topological polar surface area (TPSA) is 58.9 Å². The summed E-state index contributed by atoms with van der Waals surface area (Å²) in [6, 6.07) is 7.38. The Hall–Kier alpha value is -1.10. The summed E-state index contributed by atoms with van der Waals surface area (Å²) in [4.78, 5) is 14.3. The number of nitrogens with zero attached hydrogens (tertiary/aromatic N) is 1. The SMILES string of the molecule is CC(C)[C@@H](N)C(=O)N1CC[C@@]2(c3ccc(Cl)cc3)OC2(C)C1. The number of halogens is 1. The Morgan fingerprint density at radius 3 is 2.55 bits per heavy atom. The molecule has 1 aromatic rings. The van der Waals surface area contributed by atoms with Gasteiger partial charge in [-0.1, -0.05) is 37.6 Å². The highest BCUT2D eigenvalue weighted by Gasteiger charge is 2.70. The summed E-state index contributed by atoms with van der Waals surface area (Å²) in [5, 5.41) is 0.720. The van der Waals surface area contributed by atoms with Crippen LogP contribution in [0.15, 0.2) is 24.3 Å². The van der Waals surface area contributed by atoms with Gasteiger partial charge < -0.3 is 15.4 Å². The van der Waals surface area contributed by atoms with Crippen LogP contribution in [-0.4, -0.2) is 35.5 Å². The van der Waals surface area contributed by atoms with E-state index in [-0.39, 0.29) is 23.0 Å². The van der Waals surface area contributed by atoms with Crippen molar-refractivity contribution in [3.05, 3.63) is 34.9 Å². The fraction of sp³-hybridized carbons (Fsp3) is 0.588. The first kappa shape index (κ1) is 15.8. The molecule has 3 rings (SSSR count). The molecule has 4 nitrogen and oxygen atoms in total. The van der Waals surface area contributed by atoms with Crippen LogP contribution in [0.5, 0.6) is 0 Å². The highest BCUT2D eigenvalue weighted by Crippen LogP contribution is 2.60. The zero-order valence-corrected chi connectivity index (χ0v) is 14.1. The summed E-state index contributed by atoms with van der Waals surface area (Å²) in [5.41, 5.74) is 6.54. The van der Waals surface area contributed by atoms with Gasteiger partial charge in [-0.25, -0.2) is 0 Å². The second kappa shape index (κ2) is 5.22. The molecule has 2 N–H and O–H groups in total. The number of epoxide rings is 1. The second-order valence-corrected chi connectivity index (χ2v) is 7.38. The summed E-state index contributed by atoms with van der Waals surface area (Å²) in [5.74, 6) is 0.166. The molecule has 2 heterocycles. The molecule has 2 aliphatic heterocycles. The number of amides is 1. The molecule has 2 saturated heterocycles. The Kier molecular flexibility index (Phi) is 3.75. The van der Waals surface area contributed by atoms with Crippen molar-refractivity contribution in [1.82, 2.24) is 4.90 Å². The number of ether oxygens (including phenoxy) is 1. The van der Waals surface area contributed by atoms with Crippen molar-refractivity contribution in [3.63, 3.8) is 0 Å². The maximum Gasteiger partial charge on any atom is 0.239 e. The number of hydrogen-bond donors (Lipinski definition) is 1. The molecule has 1 unspecified atom stereocenters. The lowest BCUT2D eigenvalue weighted by Gasteiger charge is -2.34. The normalized spacial score (nSPS) is 31.8. The summed E-state index contributed by atoms with van der Waals surface area (Å²) in [6.45, 7) is 7.29. The van der Waals surface area contributed by atoms with Gasteiger partial charge in [-0.3, -0.25) is 4.79 Å². The summed E-state index contributed by atoms with van der Waals surface area (Å²) >= 11 is 5.97. The minimum Gasteiger partial charge on any atom is -0.356 e. The first-order valence-corrected chi connectivity index (χ1v) is 8.17. The predicted octanol–water partition coefficient (Wildman–Crippen LogP) is 2.54. The van der Waals surface area contributed by atoms with E-state index < -0.39 is 6.04 Å². The molecule has 5 heteroatoms. The summed E-state index contributed by atoms with van der Waals surface area (Å²) in [6.07, 6.45) is 0.793. The molecule has 2 aliphatic rings. The number of carbonyl (C=O) groups is 1. The van der Waals surface area contributed by atoms with Crippen molar-refractivity contribution in [2.45, 2.75) is 44.4 Å². The number of piperidine rings is 1. The van der Waals surface area contributed by atoms with E-state index in [4.69, 9.17) is 22.1 Å². The van der Waals surface area contributed by atoms with Crippen LogP contribution in [0, 0.1) is 5.92 Å². The van der Waals surface area contributed by atoms with Crippen LogP contribution in [0.25, 0.3) is 0 Å². The molecule has 0 saturated carbocycles. The fourth-order valence-corrected chi connectivity index (χ4v) is 3.61. The van der Waals surface area contributed by atoms with Gasteiger partial charge in [0.1, 0.15) is 11.2 Å². The van der Waals surface area contributed by atoms with Gasteiger partial charge in [0.15, 0.2) is 0 Å². The number of carbonyl (C=O) groups excluding carboxylic acids is 1. The van der Waals surface area contributed by atoms with E-state index in [0.29, 0.717) is 13.1 Å². The van der Waals surface area contributed by atoms with Gasteiger partial charge in [0.2, 0.25) is 5.91 Å². The van der Waals surface area contributed by atoms with E-state index in [2.05, 4.69) is 6.92 Å². The third-order valence-corrected chi connectivity index (χ3v) is 5.32. The Labute approximate surface area is 136 Å². The van der Waals surface area contributed by atoms with E-state index in [1.807, 2.05) is 43.0 Å². The molecule has 2 fully saturated rings. The number of rotatable bonds is 3. The van der Waals surface area contributed by atoms with Crippen LogP contribution < -0.4 is 5.73 Å². The summed E-state index contributed by atoms with van der Waals surface area (Å²) < 4.78 is 6.12. The molecule has 120 valence electrons. The quantitative estimate of drug-likeness (QED) is 0.870. The highest BCUT2D eigenvalue weighted by atomic mass is 35.5. The second-order valence-electron chi connectivity index (χ2n) is 6.95. The third-order valence-electron chi connectivity index (χ3n) is 5.06. The standard InChI is InChI=1S/C17H23ClN2O2/c1-11(2)14(19)15(21)20-9-8-17(16(3,10-20)22-17)12-4-6-13(18)7-5-12/h4-7,11,14H,8-10,19H2,1-3H3/t14-,16?,17+/m1/s1. The van der Waals surface area contributed by atoms with Gasteiger partial charge >= 0.3 is 0 Å². The lowest BCUT2D eigenvalue weighted by molar-refractivity contribution is -0.135. The lowest BCUT2D eigenvalue weighted by atomic mass is 9.81. The van der Waals surface area contributed by atoms with E-state index in [0.717, 1.165) is 17.0 Å². The first-order valence-electron chi connectivity index (χ1n) is 7.80. The minimum atomic E-state index is -0.439. The smallest absolute Gasteiger partial charge is 0.239 e. The largest absolute Gasteiger partial charge is 0.356 e. The van der Waals surface area contributed by atoms with E-state index in [1.54, 1.807) is 0 Å². The van der Waals surface area contributed by atoms with Gasteiger partial charge in [0, 0.05) is 18.0 Å². The molecule has 1 aromatic carbocycles. The van der Waals surface area contributed by atoms with Crippen LogP contribution in [0.3, 0.4) is 0 Å². The van der Waals surface area contributed by atoms with Gasteiger partial charge in [0.05, 0.1) is 12.6 Å². The lowest BCUT2D eigenvalue weighted by Crippen LogP contribution is -2.53. The molecular formula is C17H23ClN2O2. The number of fused-ring (bicyclic) bond motifs is 1. The maximum absolute atomic E-state index is 12.5. The van der Waals surface area contributed by atoms with Crippen molar-refractivity contribution >= 4 is 17.5 Å². The molecule has 3 atom stereocenters. The molecule has 0 aliphatic carbocycles. The molecule has 0 bridgehead atoms. The molecule has 22 heavy (non-hydrogen) atoms. The summed E-state index contributed by atoms with van der Waals surface area (Å²) in [7, 11) is 0. The number of nitrogens with two attached hydrogens (primary N) is 1. The molecule has 0 aromatic heterocycles. The number of hydrogen-bond acceptors (Lipinski definition) is 3. The van der Waals surface area contributed by atoms with E-state index >= 15 is 0 Å². The van der Waals surface area contributed by atoms with Crippen molar-refractivity contribution in [2.24, 2.45) is 11.7 Å². The van der Waals surface area contributed by atoms with Gasteiger partial charge in [-0.15, -0.1) is 0 Å². The van der Waals surface area contributed by atoms with Crippen LogP contribution in [0.2, 0.25) is 5.02 Å². The molecule has 0 radical (unpaired) electrons. The van der Waals surface area contributed by atoms with Crippen LogP contribution in [0.4, 0.5) is 0 Å². The van der Waals surface area contributed by atoms with Crippen LogP contribution in [0.1, 0.15) is 32.8 Å².